The van der Waals surface area contributed by atoms with Crippen molar-refractivity contribution in [2.75, 3.05) is 26.4 Å². The van der Waals surface area contributed by atoms with Crippen LogP contribution in [0, 0.1) is 0 Å². The van der Waals surface area contributed by atoms with E-state index in [9.17, 15) is 19.2 Å². The van der Waals surface area contributed by atoms with E-state index >= 15 is 0 Å². The Kier molecular flexibility index (Phi) is 46.8. The summed E-state index contributed by atoms with van der Waals surface area (Å²) >= 11 is 0. The molecule has 72 heavy (non-hydrogen) atoms. The van der Waals surface area contributed by atoms with Gasteiger partial charge < -0.3 is 18.9 Å². The zero-order valence-electron chi connectivity index (χ0n) is 47.0. The molecule has 412 valence electrons. The van der Waals surface area contributed by atoms with Gasteiger partial charge in [-0.05, 0) is 49.9 Å². The Morgan fingerprint density at radius 1 is 0.236 bits per heavy atom. The molecule has 0 bridgehead atoms. The summed E-state index contributed by atoms with van der Waals surface area (Å²) in [5.74, 6) is -1.73. The quantitative estimate of drug-likeness (QED) is 0.0367. The first kappa shape index (κ1) is 66.3. The van der Waals surface area contributed by atoms with Crippen LogP contribution in [0.3, 0.4) is 0 Å². The zero-order chi connectivity index (χ0) is 52.2. The minimum absolute atomic E-state index is 0.301. The van der Waals surface area contributed by atoms with Crippen LogP contribution in [-0.2, 0) is 18.9 Å². The first-order valence-corrected chi connectivity index (χ1v) is 30.3. The van der Waals surface area contributed by atoms with Crippen LogP contribution in [0.1, 0.15) is 326 Å². The predicted octanol–water partition coefficient (Wildman–Crippen LogP) is 19.7. The summed E-state index contributed by atoms with van der Waals surface area (Å²) in [5.41, 5.74) is 1.21. The number of rotatable bonds is 48. The van der Waals surface area contributed by atoms with Gasteiger partial charge in [0.2, 0.25) is 0 Å². The van der Waals surface area contributed by atoms with Crippen molar-refractivity contribution in [3.63, 3.8) is 0 Å². The van der Waals surface area contributed by atoms with Crippen molar-refractivity contribution in [2.45, 2.75) is 285 Å². The first-order valence-electron chi connectivity index (χ1n) is 30.3. The van der Waals surface area contributed by atoms with Gasteiger partial charge in [-0.15, -0.1) is 0 Å². The zero-order valence-corrected chi connectivity index (χ0v) is 47.0. The lowest BCUT2D eigenvalue weighted by molar-refractivity contribution is 0.0450. The maximum atomic E-state index is 12.6. The number of unbranched alkanes of at least 4 members (excludes halogenated alkanes) is 36. The van der Waals surface area contributed by atoms with Gasteiger partial charge in [0.1, 0.15) is 0 Å². The monoisotopic (exact) mass is 1000 g/mol. The van der Waals surface area contributed by atoms with Gasteiger partial charge in [0.15, 0.2) is 0 Å². The summed E-state index contributed by atoms with van der Waals surface area (Å²) in [6.45, 7) is 10.6. The van der Waals surface area contributed by atoms with Gasteiger partial charge in [-0.3, -0.25) is 0 Å². The molecule has 8 nitrogen and oxygen atoms in total. The van der Waals surface area contributed by atoms with Crippen LogP contribution in [0.5, 0.6) is 0 Å². The van der Waals surface area contributed by atoms with E-state index in [2.05, 4.69) is 27.7 Å². The fourth-order valence-electron chi connectivity index (χ4n) is 9.01. The molecule has 0 heterocycles. The van der Waals surface area contributed by atoms with E-state index in [0.717, 1.165) is 51.4 Å². The molecule has 0 amide bonds. The lowest BCUT2D eigenvalue weighted by Crippen LogP contribution is -2.15. The first-order chi connectivity index (χ1) is 35.4. The van der Waals surface area contributed by atoms with E-state index in [-0.39, 0.29) is 0 Å². The topological polar surface area (TPSA) is 105 Å². The minimum Gasteiger partial charge on any atom is -0.462 e. The third kappa shape index (κ3) is 38.0. The van der Waals surface area contributed by atoms with Crippen LogP contribution in [-0.4, -0.2) is 50.3 Å². The summed E-state index contributed by atoms with van der Waals surface area (Å²) in [4.78, 5) is 50.2. The summed E-state index contributed by atoms with van der Waals surface area (Å²) < 4.78 is 21.8. The predicted molar refractivity (Wildman–Crippen MR) is 301 cm³/mol. The number of hydrogen-bond acceptors (Lipinski definition) is 8. The second-order valence-electron chi connectivity index (χ2n) is 20.4. The fourth-order valence-corrected chi connectivity index (χ4v) is 9.01. The van der Waals surface area contributed by atoms with Gasteiger partial charge in [-0.2, -0.15) is 0 Å². The Balaban J connectivity index is 0.000000724. The number of carbonyl (C=O) groups is 4. The molecule has 0 aliphatic carbocycles. The van der Waals surface area contributed by atoms with Crippen molar-refractivity contribution in [3.8, 4) is 0 Å². The van der Waals surface area contributed by atoms with Crippen molar-refractivity contribution >= 4 is 23.9 Å². The van der Waals surface area contributed by atoms with Gasteiger partial charge in [0.05, 0.1) is 48.7 Å². The van der Waals surface area contributed by atoms with E-state index in [1.165, 1.54) is 205 Å². The van der Waals surface area contributed by atoms with Gasteiger partial charge in [-0.1, -0.05) is 283 Å². The van der Waals surface area contributed by atoms with Crippen molar-refractivity contribution in [1.82, 2.24) is 0 Å². The largest absolute Gasteiger partial charge is 0.462 e. The number of benzene rings is 2. The number of hydrogen-bond donors (Lipinski definition) is 0. The fraction of sp³-hybridized carbons (Fsp3) is 0.750. The smallest absolute Gasteiger partial charge is 0.339 e. The lowest BCUT2D eigenvalue weighted by Gasteiger charge is -2.10. The summed E-state index contributed by atoms with van der Waals surface area (Å²) in [6, 6.07) is 13.6. The molecule has 0 aliphatic heterocycles. The van der Waals surface area contributed by atoms with Crippen molar-refractivity contribution in [3.05, 3.63) is 70.8 Å². The Morgan fingerprint density at radius 2 is 0.375 bits per heavy atom. The van der Waals surface area contributed by atoms with E-state index in [1.54, 1.807) is 48.5 Å². The number of esters is 4. The van der Waals surface area contributed by atoms with Crippen molar-refractivity contribution in [1.29, 1.82) is 0 Å². The van der Waals surface area contributed by atoms with Crippen LogP contribution < -0.4 is 0 Å². The van der Waals surface area contributed by atoms with Gasteiger partial charge >= 0.3 is 23.9 Å². The Labute approximate surface area is 442 Å². The average molecular weight is 1010 g/mol. The molecular formula is C64H108O8. The highest BCUT2D eigenvalue weighted by atomic mass is 16.5. The third-order valence-corrected chi connectivity index (χ3v) is 13.7. The molecule has 0 spiro atoms. The van der Waals surface area contributed by atoms with Crippen molar-refractivity contribution in [2.24, 2.45) is 0 Å². The van der Waals surface area contributed by atoms with Crippen LogP contribution in [0.25, 0.3) is 0 Å². The maximum Gasteiger partial charge on any atom is 0.339 e. The Hall–Kier alpha value is -3.68. The average Bonchev–Trinajstić information content (AvgIpc) is 3.40. The molecule has 2 aromatic carbocycles. The molecule has 0 aromatic heterocycles. The number of ether oxygens (including phenoxy) is 4. The van der Waals surface area contributed by atoms with Crippen molar-refractivity contribution < 1.29 is 38.1 Å². The lowest BCUT2D eigenvalue weighted by atomic mass is 10.1. The molecule has 2 aromatic rings. The van der Waals surface area contributed by atoms with E-state index in [4.69, 9.17) is 18.9 Å². The van der Waals surface area contributed by atoms with Crippen LogP contribution >= 0.6 is 0 Å². The Morgan fingerprint density at radius 3 is 0.528 bits per heavy atom. The molecule has 2 rings (SSSR count). The third-order valence-electron chi connectivity index (χ3n) is 13.7. The van der Waals surface area contributed by atoms with E-state index < -0.39 is 23.9 Å². The molecular weight excluding hydrogens is 897 g/mol. The van der Waals surface area contributed by atoms with Crippen LogP contribution in [0.15, 0.2) is 48.5 Å². The molecule has 0 fully saturated rings. The molecule has 0 saturated carbocycles. The second-order valence-corrected chi connectivity index (χ2v) is 20.4. The van der Waals surface area contributed by atoms with Gasteiger partial charge in [-0.25, -0.2) is 19.2 Å². The maximum absolute atomic E-state index is 12.6. The molecule has 8 heteroatoms. The summed E-state index contributed by atoms with van der Waals surface area (Å²) in [6.07, 6.45) is 49.6. The number of carbonyl (C=O) groups excluding carboxylic acids is 4. The molecule has 0 atom stereocenters. The van der Waals surface area contributed by atoms with Gasteiger partial charge in [0, 0.05) is 0 Å². The SMILES string of the molecule is CCCCCCCCCCCCCOC(=O)c1ccccc1C(=O)OCCCCCCCCCCCCC.CCCCCCCCCCCOC(=O)c1ccccc1C(=O)OCCCCCCCCCCC. The molecule has 0 unspecified atom stereocenters. The normalized spacial score (nSPS) is 10.9. The van der Waals surface area contributed by atoms with Crippen LogP contribution in [0.2, 0.25) is 0 Å². The molecule has 0 saturated heterocycles. The highest BCUT2D eigenvalue weighted by Gasteiger charge is 2.20. The summed E-state index contributed by atoms with van der Waals surface area (Å²) in [5, 5.41) is 0. The van der Waals surface area contributed by atoms with Crippen LogP contribution in [0.4, 0.5) is 0 Å². The Bertz CT molecular complexity index is 1460. The standard InChI is InChI=1S/C34H58O4.C30H50O4/c1-3-5-7-9-11-13-15-17-19-21-25-29-37-33(35)31-27-23-24-28-32(31)34(36)38-30-26-22-20-18-16-14-12-10-8-6-4-2;1-3-5-7-9-11-13-15-17-21-25-33-29(31)27-23-19-20-24-28(27)30(32)34-26-22-18-16-14-12-10-8-6-4-2/h23-24,27-28H,3-22,25-26,29-30H2,1-2H3;19-20,23-24H,3-18,21-22,25-26H2,1-2H3. The molecule has 0 N–H and O–H groups in total. The van der Waals surface area contributed by atoms with E-state index in [0.29, 0.717) is 48.7 Å². The minimum atomic E-state index is -0.435. The summed E-state index contributed by atoms with van der Waals surface area (Å²) in [7, 11) is 0. The molecule has 0 aliphatic rings. The highest BCUT2D eigenvalue weighted by Crippen LogP contribution is 2.18. The van der Waals surface area contributed by atoms with Gasteiger partial charge in [0.25, 0.3) is 0 Å². The highest BCUT2D eigenvalue weighted by molar-refractivity contribution is 6.03. The second kappa shape index (κ2) is 50.8. The van der Waals surface area contributed by atoms with E-state index in [1.807, 2.05) is 0 Å². The molecule has 0 radical (unpaired) electrons.